The van der Waals surface area contributed by atoms with Crippen molar-refractivity contribution in [2.45, 2.75) is 116 Å². The third-order valence-electron chi connectivity index (χ3n) is 4.20. The van der Waals surface area contributed by atoms with E-state index in [1.165, 1.54) is 83.5 Å². The lowest BCUT2D eigenvalue weighted by Gasteiger charge is -2.05. The Labute approximate surface area is 134 Å². The van der Waals surface area contributed by atoms with Crippen LogP contribution >= 0.6 is 0 Å². The molecule has 0 radical (unpaired) electrons. The van der Waals surface area contributed by atoms with Gasteiger partial charge in [0.05, 0.1) is 6.10 Å². The standard InChI is InChI=1S/C20H40O/c1-3-5-7-8-9-10-11-12-13-14-15-16-17-19-20(21)18-6-4-2/h6,18,20-21H,3-5,7-17,19H2,1-2H3. The van der Waals surface area contributed by atoms with Gasteiger partial charge in [0.15, 0.2) is 0 Å². The second-order valence-corrected chi connectivity index (χ2v) is 6.44. The van der Waals surface area contributed by atoms with Gasteiger partial charge in [-0.3, -0.25) is 0 Å². The first-order chi connectivity index (χ1) is 10.3. The third-order valence-corrected chi connectivity index (χ3v) is 4.20. The Morgan fingerprint density at radius 3 is 1.52 bits per heavy atom. The highest BCUT2D eigenvalue weighted by atomic mass is 16.3. The fourth-order valence-electron chi connectivity index (χ4n) is 2.76. The number of unbranched alkanes of at least 4 members (excludes halogenated alkanes) is 12. The fourth-order valence-corrected chi connectivity index (χ4v) is 2.76. The van der Waals surface area contributed by atoms with Crippen molar-refractivity contribution in [2.75, 3.05) is 0 Å². The largest absolute Gasteiger partial charge is 0.389 e. The van der Waals surface area contributed by atoms with Gasteiger partial charge in [0.25, 0.3) is 0 Å². The predicted molar refractivity (Wildman–Crippen MR) is 95.7 cm³/mol. The summed E-state index contributed by atoms with van der Waals surface area (Å²) >= 11 is 0. The van der Waals surface area contributed by atoms with Gasteiger partial charge in [-0.15, -0.1) is 0 Å². The summed E-state index contributed by atoms with van der Waals surface area (Å²) in [5, 5.41) is 9.67. The van der Waals surface area contributed by atoms with Crippen molar-refractivity contribution in [3.63, 3.8) is 0 Å². The summed E-state index contributed by atoms with van der Waals surface area (Å²) in [7, 11) is 0. The van der Waals surface area contributed by atoms with E-state index in [-0.39, 0.29) is 6.10 Å². The highest BCUT2D eigenvalue weighted by Gasteiger charge is 1.98. The molecular weight excluding hydrogens is 256 g/mol. The normalized spacial score (nSPS) is 13.1. The molecule has 1 heteroatoms. The van der Waals surface area contributed by atoms with Gasteiger partial charge >= 0.3 is 0 Å². The van der Waals surface area contributed by atoms with E-state index in [1.807, 2.05) is 6.08 Å². The number of rotatable bonds is 16. The van der Waals surface area contributed by atoms with E-state index in [0.717, 1.165) is 12.8 Å². The maximum atomic E-state index is 9.67. The molecule has 0 aliphatic rings. The molecule has 0 heterocycles. The zero-order valence-corrected chi connectivity index (χ0v) is 14.8. The number of allylic oxidation sites excluding steroid dienone is 1. The van der Waals surface area contributed by atoms with Gasteiger partial charge < -0.3 is 5.11 Å². The van der Waals surface area contributed by atoms with Crippen LogP contribution in [0.3, 0.4) is 0 Å². The lowest BCUT2D eigenvalue weighted by molar-refractivity contribution is 0.207. The van der Waals surface area contributed by atoms with E-state index in [2.05, 4.69) is 19.9 Å². The highest BCUT2D eigenvalue weighted by Crippen LogP contribution is 2.13. The van der Waals surface area contributed by atoms with Crippen LogP contribution in [0, 0.1) is 0 Å². The molecule has 0 bridgehead atoms. The van der Waals surface area contributed by atoms with Crippen LogP contribution in [0.5, 0.6) is 0 Å². The predicted octanol–water partition coefficient (Wildman–Crippen LogP) is 6.79. The fraction of sp³-hybridized carbons (Fsp3) is 0.900. The molecule has 0 amide bonds. The molecule has 21 heavy (non-hydrogen) atoms. The maximum absolute atomic E-state index is 9.67. The Kier molecular flexibility index (Phi) is 17.5. The molecule has 1 N–H and O–H groups in total. The van der Waals surface area contributed by atoms with Gasteiger partial charge in [-0.2, -0.15) is 0 Å². The van der Waals surface area contributed by atoms with Gasteiger partial charge in [-0.25, -0.2) is 0 Å². The van der Waals surface area contributed by atoms with Crippen molar-refractivity contribution in [1.29, 1.82) is 0 Å². The van der Waals surface area contributed by atoms with Crippen molar-refractivity contribution in [1.82, 2.24) is 0 Å². The zero-order valence-electron chi connectivity index (χ0n) is 14.8. The minimum atomic E-state index is -0.211. The van der Waals surface area contributed by atoms with E-state index in [9.17, 15) is 5.11 Å². The summed E-state index contributed by atoms with van der Waals surface area (Å²) in [6.45, 7) is 4.39. The van der Waals surface area contributed by atoms with E-state index in [4.69, 9.17) is 0 Å². The molecule has 0 aromatic heterocycles. The molecule has 0 rings (SSSR count). The van der Waals surface area contributed by atoms with Crippen LogP contribution in [-0.4, -0.2) is 11.2 Å². The summed E-state index contributed by atoms with van der Waals surface area (Å²) in [6, 6.07) is 0. The van der Waals surface area contributed by atoms with Gasteiger partial charge in [0.1, 0.15) is 0 Å². The van der Waals surface area contributed by atoms with Crippen molar-refractivity contribution >= 4 is 0 Å². The number of aliphatic hydroxyl groups is 1. The molecule has 0 aromatic carbocycles. The maximum Gasteiger partial charge on any atom is 0.0720 e. The van der Waals surface area contributed by atoms with Crippen LogP contribution in [0.2, 0.25) is 0 Å². The van der Waals surface area contributed by atoms with Crippen LogP contribution in [0.25, 0.3) is 0 Å². The van der Waals surface area contributed by atoms with Crippen LogP contribution in [0.4, 0.5) is 0 Å². The highest BCUT2D eigenvalue weighted by molar-refractivity contribution is 4.87. The Morgan fingerprint density at radius 2 is 1.10 bits per heavy atom. The number of hydrogen-bond donors (Lipinski definition) is 1. The minimum absolute atomic E-state index is 0.211. The summed E-state index contributed by atoms with van der Waals surface area (Å²) in [4.78, 5) is 0. The molecule has 1 atom stereocenters. The van der Waals surface area contributed by atoms with Gasteiger partial charge in [-0.1, -0.05) is 109 Å². The molecule has 0 spiro atoms. The number of aliphatic hydroxyl groups excluding tert-OH is 1. The Morgan fingerprint density at radius 1 is 0.667 bits per heavy atom. The Balaban J connectivity index is 3.07. The molecule has 0 aromatic rings. The second kappa shape index (κ2) is 17.8. The molecule has 0 fully saturated rings. The van der Waals surface area contributed by atoms with E-state index < -0.39 is 0 Å². The Bertz CT molecular complexity index is 210. The smallest absolute Gasteiger partial charge is 0.0720 e. The van der Waals surface area contributed by atoms with Crippen molar-refractivity contribution < 1.29 is 5.11 Å². The minimum Gasteiger partial charge on any atom is -0.389 e. The van der Waals surface area contributed by atoms with E-state index in [0.29, 0.717) is 0 Å². The molecular formula is C20H40O. The summed E-state index contributed by atoms with van der Waals surface area (Å²) in [5.74, 6) is 0. The molecule has 0 aliphatic carbocycles. The lowest BCUT2D eigenvalue weighted by Crippen LogP contribution is -2.01. The van der Waals surface area contributed by atoms with Crippen LogP contribution in [0.15, 0.2) is 12.2 Å². The zero-order chi connectivity index (χ0) is 15.6. The Hall–Kier alpha value is -0.300. The van der Waals surface area contributed by atoms with E-state index >= 15 is 0 Å². The van der Waals surface area contributed by atoms with Gasteiger partial charge in [0.2, 0.25) is 0 Å². The monoisotopic (exact) mass is 296 g/mol. The van der Waals surface area contributed by atoms with Crippen LogP contribution < -0.4 is 0 Å². The average Bonchev–Trinajstić information content (AvgIpc) is 2.49. The first-order valence-corrected chi connectivity index (χ1v) is 9.66. The summed E-state index contributed by atoms with van der Waals surface area (Å²) in [6.07, 6.45) is 23.8. The second-order valence-electron chi connectivity index (χ2n) is 6.44. The quantitative estimate of drug-likeness (QED) is 0.245. The lowest BCUT2D eigenvalue weighted by atomic mass is 10.0. The summed E-state index contributed by atoms with van der Waals surface area (Å²) in [5.41, 5.74) is 0. The first-order valence-electron chi connectivity index (χ1n) is 9.66. The molecule has 126 valence electrons. The first kappa shape index (κ1) is 20.7. The third kappa shape index (κ3) is 17.6. The SMILES string of the molecule is CCC=CC(O)CCCCCCCCCCCCCCC. The number of hydrogen-bond acceptors (Lipinski definition) is 1. The summed E-state index contributed by atoms with van der Waals surface area (Å²) < 4.78 is 0. The van der Waals surface area contributed by atoms with Gasteiger partial charge in [0, 0.05) is 0 Å². The van der Waals surface area contributed by atoms with Crippen molar-refractivity contribution in [3.05, 3.63) is 12.2 Å². The molecule has 1 unspecified atom stereocenters. The topological polar surface area (TPSA) is 20.2 Å². The molecule has 0 saturated heterocycles. The van der Waals surface area contributed by atoms with Gasteiger partial charge in [-0.05, 0) is 12.8 Å². The molecule has 1 nitrogen and oxygen atoms in total. The van der Waals surface area contributed by atoms with E-state index in [1.54, 1.807) is 0 Å². The molecule has 0 saturated carbocycles. The van der Waals surface area contributed by atoms with Crippen LogP contribution in [-0.2, 0) is 0 Å². The van der Waals surface area contributed by atoms with Crippen molar-refractivity contribution in [2.24, 2.45) is 0 Å². The van der Waals surface area contributed by atoms with Crippen molar-refractivity contribution in [3.8, 4) is 0 Å². The molecule has 0 aliphatic heterocycles. The average molecular weight is 297 g/mol. The van der Waals surface area contributed by atoms with Crippen LogP contribution in [0.1, 0.15) is 110 Å².